The molecule has 0 radical (unpaired) electrons. The van der Waals surface area contributed by atoms with Crippen molar-refractivity contribution in [2.45, 2.75) is 38.5 Å². The van der Waals surface area contributed by atoms with Gasteiger partial charge in [-0.3, -0.25) is 4.79 Å². The van der Waals surface area contributed by atoms with Crippen molar-refractivity contribution in [1.82, 2.24) is 9.88 Å². The zero-order valence-electron chi connectivity index (χ0n) is 13.5. The quantitative estimate of drug-likeness (QED) is 0.851. The van der Waals surface area contributed by atoms with Crippen molar-refractivity contribution in [1.29, 1.82) is 0 Å². The molecule has 2 saturated heterocycles. The maximum atomic E-state index is 12.3. The average molecular weight is 334 g/mol. The highest BCUT2D eigenvalue weighted by atomic mass is 35.5. The van der Waals surface area contributed by atoms with Gasteiger partial charge in [-0.25, -0.2) is 4.98 Å². The number of anilines is 1. The first-order chi connectivity index (χ1) is 11.1. The fourth-order valence-electron chi connectivity index (χ4n) is 4.17. The van der Waals surface area contributed by atoms with Crippen LogP contribution in [0.3, 0.4) is 0 Å². The Morgan fingerprint density at radius 2 is 2.13 bits per heavy atom. The Bertz CT molecular complexity index is 586. The van der Waals surface area contributed by atoms with Gasteiger partial charge >= 0.3 is 0 Å². The molecule has 3 fully saturated rings. The number of rotatable bonds is 3. The van der Waals surface area contributed by atoms with Gasteiger partial charge in [-0.15, -0.1) is 0 Å². The largest absolute Gasteiger partial charge is 0.356 e. The van der Waals surface area contributed by atoms with Crippen molar-refractivity contribution >= 4 is 23.3 Å². The lowest BCUT2D eigenvalue weighted by Crippen LogP contribution is -2.54. The second-order valence-corrected chi connectivity index (χ2v) is 8.01. The number of hydrogen-bond donors (Lipinski definition) is 0. The van der Waals surface area contributed by atoms with Crippen molar-refractivity contribution in [2.75, 3.05) is 31.1 Å². The summed E-state index contributed by atoms with van der Waals surface area (Å²) in [5.41, 5.74) is 0.252. The van der Waals surface area contributed by atoms with Crippen molar-refractivity contribution in [3.8, 4) is 0 Å². The molecule has 1 amide bonds. The highest BCUT2D eigenvalue weighted by Crippen LogP contribution is 2.41. The first-order valence-corrected chi connectivity index (χ1v) is 9.16. The van der Waals surface area contributed by atoms with E-state index in [1.165, 1.54) is 25.7 Å². The highest BCUT2D eigenvalue weighted by molar-refractivity contribution is 6.30. The molecule has 3 aliphatic rings. The summed E-state index contributed by atoms with van der Waals surface area (Å²) in [7, 11) is 0. The smallest absolute Gasteiger partial charge is 0.222 e. The molecule has 1 spiro atoms. The van der Waals surface area contributed by atoms with E-state index < -0.39 is 0 Å². The van der Waals surface area contributed by atoms with Gasteiger partial charge in [0.05, 0.1) is 5.02 Å². The second kappa shape index (κ2) is 5.97. The molecule has 1 saturated carbocycles. The summed E-state index contributed by atoms with van der Waals surface area (Å²) in [6.45, 7) is 3.98. The van der Waals surface area contributed by atoms with E-state index in [4.69, 9.17) is 11.6 Å². The number of carbonyl (C=O) groups is 1. The SMILES string of the molecule is O=C1CCC2(CCCN(c3ccc(Cl)cn3)C2)CN1CC1CC1. The summed E-state index contributed by atoms with van der Waals surface area (Å²) in [5, 5.41) is 0.680. The molecular weight excluding hydrogens is 310 g/mol. The van der Waals surface area contributed by atoms with E-state index in [0.717, 1.165) is 44.3 Å². The van der Waals surface area contributed by atoms with Crippen LogP contribution in [0.2, 0.25) is 5.02 Å². The molecule has 1 aliphatic carbocycles. The third-order valence-electron chi connectivity index (χ3n) is 5.62. The Morgan fingerprint density at radius 3 is 2.87 bits per heavy atom. The van der Waals surface area contributed by atoms with Gasteiger partial charge in [-0.1, -0.05) is 11.6 Å². The summed E-state index contributed by atoms with van der Waals surface area (Å²) in [6, 6.07) is 3.92. The first kappa shape index (κ1) is 15.3. The van der Waals surface area contributed by atoms with E-state index in [-0.39, 0.29) is 5.41 Å². The van der Waals surface area contributed by atoms with Gasteiger partial charge in [0.15, 0.2) is 0 Å². The summed E-state index contributed by atoms with van der Waals surface area (Å²) in [4.78, 5) is 21.3. The molecule has 1 atom stereocenters. The molecule has 1 aromatic heterocycles. The van der Waals surface area contributed by atoms with Gasteiger partial charge in [0.2, 0.25) is 5.91 Å². The minimum atomic E-state index is 0.252. The molecule has 3 heterocycles. The standard InChI is InChI=1S/C18H24ClN3O/c19-15-4-5-16(20-10-15)21-9-1-7-18(12-21)8-6-17(23)22(13-18)11-14-2-3-14/h4-5,10,14H,1-3,6-9,11-13H2. The van der Waals surface area contributed by atoms with Gasteiger partial charge in [-0.2, -0.15) is 0 Å². The van der Waals surface area contributed by atoms with Crippen molar-refractivity contribution in [3.05, 3.63) is 23.4 Å². The monoisotopic (exact) mass is 333 g/mol. The molecule has 5 heteroatoms. The fourth-order valence-corrected chi connectivity index (χ4v) is 4.28. The minimum Gasteiger partial charge on any atom is -0.356 e. The van der Waals surface area contributed by atoms with Crippen LogP contribution in [0.15, 0.2) is 18.3 Å². The van der Waals surface area contributed by atoms with Crippen LogP contribution in [0.5, 0.6) is 0 Å². The van der Waals surface area contributed by atoms with Crippen LogP contribution in [0.25, 0.3) is 0 Å². The molecule has 23 heavy (non-hydrogen) atoms. The van der Waals surface area contributed by atoms with Gasteiger partial charge in [0.25, 0.3) is 0 Å². The molecule has 1 unspecified atom stereocenters. The second-order valence-electron chi connectivity index (χ2n) is 7.58. The normalized spacial score (nSPS) is 28.5. The predicted octanol–water partition coefficient (Wildman–Crippen LogP) is 3.35. The van der Waals surface area contributed by atoms with Crippen LogP contribution >= 0.6 is 11.6 Å². The van der Waals surface area contributed by atoms with Gasteiger partial charge in [0.1, 0.15) is 5.82 Å². The molecule has 4 nitrogen and oxygen atoms in total. The molecule has 0 aromatic carbocycles. The lowest BCUT2D eigenvalue weighted by Gasteiger charge is -2.48. The van der Waals surface area contributed by atoms with E-state index >= 15 is 0 Å². The lowest BCUT2D eigenvalue weighted by molar-refractivity contribution is -0.138. The maximum absolute atomic E-state index is 12.3. The zero-order valence-corrected chi connectivity index (χ0v) is 14.3. The molecule has 1 aromatic rings. The number of aromatic nitrogens is 1. The summed E-state index contributed by atoms with van der Waals surface area (Å²) >= 11 is 5.96. The van der Waals surface area contributed by atoms with Gasteiger partial charge in [-0.05, 0) is 50.2 Å². The third kappa shape index (κ3) is 3.32. The number of likely N-dealkylation sites (tertiary alicyclic amines) is 1. The van der Waals surface area contributed by atoms with Crippen molar-refractivity contribution in [3.63, 3.8) is 0 Å². The number of halogens is 1. The number of carbonyl (C=O) groups excluding carboxylic acids is 1. The predicted molar refractivity (Wildman–Crippen MR) is 91.7 cm³/mol. The molecule has 124 valence electrons. The Labute approximate surface area is 142 Å². The summed E-state index contributed by atoms with van der Waals surface area (Å²) in [5.74, 6) is 2.15. The van der Waals surface area contributed by atoms with E-state index in [1.807, 2.05) is 12.1 Å². The zero-order chi connectivity index (χ0) is 15.9. The summed E-state index contributed by atoms with van der Waals surface area (Å²) < 4.78 is 0. The number of piperidine rings is 2. The van der Waals surface area contributed by atoms with Crippen LogP contribution in [0.4, 0.5) is 5.82 Å². The highest BCUT2D eigenvalue weighted by Gasteiger charge is 2.43. The number of hydrogen-bond acceptors (Lipinski definition) is 3. The van der Waals surface area contributed by atoms with Gasteiger partial charge in [0, 0.05) is 44.2 Å². The van der Waals surface area contributed by atoms with Crippen LogP contribution < -0.4 is 4.90 Å². The minimum absolute atomic E-state index is 0.252. The number of pyridine rings is 1. The topological polar surface area (TPSA) is 36.4 Å². The average Bonchev–Trinajstić information content (AvgIpc) is 3.36. The molecule has 0 bridgehead atoms. The molecule has 4 rings (SSSR count). The van der Waals surface area contributed by atoms with Crippen LogP contribution in [0.1, 0.15) is 38.5 Å². The lowest BCUT2D eigenvalue weighted by atomic mass is 9.73. The van der Waals surface area contributed by atoms with E-state index in [9.17, 15) is 4.79 Å². The Kier molecular flexibility index (Phi) is 3.96. The molecule has 0 N–H and O–H groups in total. The van der Waals surface area contributed by atoms with Gasteiger partial charge < -0.3 is 9.80 Å². The fraction of sp³-hybridized carbons (Fsp3) is 0.667. The van der Waals surface area contributed by atoms with E-state index in [2.05, 4.69) is 14.8 Å². The van der Waals surface area contributed by atoms with Crippen LogP contribution in [-0.2, 0) is 4.79 Å². The number of amides is 1. The van der Waals surface area contributed by atoms with Crippen LogP contribution in [-0.4, -0.2) is 42.0 Å². The Balaban J connectivity index is 1.48. The van der Waals surface area contributed by atoms with Crippen molar-refractivity contribution in [2.24, 2.45) is 11.3 Å². The van der Waals surface area contributed by atoms with E-state index in [0.29, 0.717) is 17.4 Å². The van der Waals surface area contributed by atoms with Crippen LogP contribution in [0, 0.1) is 11.3 Å². The van der Waals surface area contributed by atoms with Crippen molar-refractivity contribution < 1.29 is 4.79 Å². The molecule has 2 aliphatic heterocycles. The molecular formula is C18H24ClN3O. The number of nitrogens with zero attached hydrogens (tertiary/aromatic N) is 3. The Morgan fingerprint density at radius 1 is 1.26 bits per heavy atom. The first-order valence-electron chi connectivity index (χ1n) is 8.78. The third-order valence-corrected chi connectivity index (χ3v) is 5.84. The van der Waals surface area contributed by atoms with E-state index in [1.54, 1.807) is 6.20 Å². The summed E-state index contributed by atoms with van der Waals surface area (Å²) in [6.07, 6.45) is 8.48. The Hall–Kier alpha value is -1.29. The maximum Gasteiger partial charge on any atom is 0.222 e.